The summed E-state index contributed by atoms with van der Waals surface area (Å²) in [5.74, 6) is 0.309. The molecule has 0 spiro atoms. The number of sulfonamides is 1. The average Bonchev–Trinajstić information content (AvgIpc) is 2.08. The van der Waals surface area contributed by atoms with E-state index in [1.54, 1.807) is 7.05 Å². The van der Waals surface area contributed by atoms with E-state index in [0.29, 0.717) is 5.96 Å². The van der Waals surface area contributed by atoms with Crippen LogP contribution in [0.4, 0.5) is 0 Å². The van der Waals surface area contributed by atoms with Gasteiger partial charge in [0.1, 0.15) is 0 Å². The van der Waals surface area contributed by atoms with E-state index in [4.69, 9.17) is 0 Å². The van der Waals surface area contributed by atoms with Gasteiger partial charge in [-0.15, -0.1) is 4.40 Å². The number of unbranched alkanes of at least 4 members (excludes halogenated alkanes) is 2. The van der Waals surface area contributed by atoms with E-state index in [2.05, 4.69) is 22.0 Å². The van der Waals surface area contributed by atoms with Crippen LogP contribution < -0.4 is 10.6 Å². The fourth-order valence-corrected chi connectivity index (χ4v) is 1.40. The van der Waals surface area contributed by atoms with Gasteiger partial charge in [0.2, 0.25) is 5.96 Å². The third-order valence-corrected chi connectivity index (χ3v) is 2.08. The van der Waals surface area contributed by atoms with Crippen molar-refractivity contribution in [1.29, 1.82) is 0 Å². The normalized spacial score (nSPS) is 12.6. The number of hydrogen-bond donors (Lipinski definition) is 2. The molecule has 0 atom stereocenters. The molecule has 0 saturated heterocycles. The van der Waals surface area contributed by atoms with Crippen LogP contribution in [0.25, 0.3) is 0 Å². The molecule has 0 aromatic rings. The Balaban J connectivity index is 3.98. The van der Waals surface area contributed by atoms with Crippen LogP contribution in [0, 0.1) is 0 Å². The fourth-order valence-electron chi connectivity index (χ4n) is 0.914. The molecule has 14 heavy (non-hydrogen) atoms. The molecule has 0 saturated carbocycles. The first-order valence-electron chi connectivity index (χ1n) is 4.71. The summed E-state index contributed by atoms with van der Waals surface area (Å²) in [6.45, 7) is 2.85. The van der Waals surface area contributed by atoms with Gasteiger partial charge in [-0.3, -0.25) is 0 Å². The van der Waals surface area contributed by atoms with Crippen molar-refractivity contribution in [3.05, 3.63) is 0 Å². The Labute approximate surface area is 86.0 Å². The van der Waals surface area contributed by atoms with Crippen LogP contribution in [0.1, 0.15) is 26.2 Å². The SMILES string of the molecule is CCCCCN/C(=N/S(C)(=O)=O)NC. The third-order valence-electron chi connectivity index (χ3n) is 1.57. The fraction of sp³-hybridized carbons (Fsp3) is 0.875. The lowest BCUT2D eigenvalue weighted by molar-refractivity contribution is 0.603. The Bertz CT molecular complexity index is 272. The zero-order valence-electron chi connectivity index (χ0n) is 9.00. The standard InChI is InChI=1S/C8H19N3O2S/c1-4-5-6-7-10-8(9-2)11-14(3,12)13/h4-7H2,1-3H3,(H2,9,10,11). The zero-order valence-corrected chi connectivity index (χ0v) is 9.82. The lowest BCUT2D eigenvalue weighted by atomic mass is 10.2. The first-order valence-corrected chi connectivity index (χ1v) is 6.56. The van der Waals surface area contributed by atoms with Gasteiger partial charge in [0.15, 0.2) is 0 Å². The molecule has 0 radical (unpaired) electrons. The van der Waals surface area contributed by atoms with Crippen LogP contribution >= 0.6 is 0 Å². The molecule has 84 valence electrons. The predicted octanol–water partition coefficient (Wildman–Crippen LogP) is 0.301. The Hall–Kier alpha value is -0.780. The summed E-state index contributed by atoms with van der Waals surface area (Å²) >= 11 is 0. The average molecular weight is 221 g/mol. The maximum atomic E-state index is 10.8. The lowest BCUT2D eigenvalue weighted by Gasteiger charge is -2.07. The third kappa shape index (κ3) is 7.85. The summed E-state index contributed by atoms with van der Waals surface area (Å²) in [4.78, 5) is 0. The maximum absolute atomic E-state index is 10.8. The van der Waals surface area contributed by atoms with Gasteiger partial charge in [0, 0.05) is 13.6 Å². The molecule has 0 fully saturated rings. The molecule has 0 aromatic carbocycles. The van der Waals surface area contributed by atoms with Crippen LogP contribution in [-0.2, 0) is 10.0 Å². The number of nitrogens with zero attached hydrogens (tertiary/aromatic N) is 1. The molecule has 0 aliphatic rings. The summed E-state index contributed by atoms with van der Waals surface area (Å²) in [5.41, 5.74) is 0. The predicted molar refractivity (Wildman–Crippen MR) is 58.9 cm³/mol. The second-order valence-corrected chi connectivity index (χ2v) is 4.71. The van der Waals surface area contributed by atoms with Gasteiger partial charge in [-0.05, 0) is 6.42 Å². The first kappa shape index (κ1) is 13.2. The quantitative estimate of drug-likeness (QED) is 0.398. The van der Waals surface area contributed by atoms with Crippen molar-refractivity contribution >= 4 is 16.0 Å². The minimum atomic E-state index is -3.32. The second kappa shape index (κ2) is 6.64. The monoisotopic (exact) mass is 221 g/mol. The highest BCUT2D eigenvalue weighted by atomic mass is 32.2. The van der Waals surface area contributed by atoms with E-state index < -0.39 is 10.0 Å². The number of nitrogens with one attached hydrogen (secondary N) is 2. The van der Waals surface area contributed by atoms with Crippen molar-refractivity contribution in [2.75, 3.05) is 19.8 Å². The van der Waals surface area contributed by atoms with E-state index in [1.807, 2.05) is 0 Å². The summed E-state index contributed by atoms with van der Waals surface area (Å²) in [6, 6.07) is 0. The molecular formula is C8H19N3O2S. The van der Waals surface area contributed by atoms with Crippen molar-refractivity contribution in [3.8, 4) is 0 Å². The topological polar surface area (TPSA) is 70.6 Å². The van der Waals surface area contributed by atoms with Gasteiger partial charge in [0.25, 0.3) is 10.0 Å². The Morgan fingerprint density at radius 2 is 2.00 bits per heavy atom. The summed E-state index contributed by atoms with van der Waals surface area (Å²) in [6.07, 6.45) is 4.35. The van der Waals surface area contributed by atoms with E-state index in [0.717, 1.165) is 32.1 Å². The zero-order chi connectivity index (χ0) is 11.0. The minimum Gasteiger partial charge on any atom is -0.359 e. The Morgan fingerprint density at radius 1 is 1.36 bits per heavy atom. The van der Waals surface area contributed by atoms with Gasteiger partial charge in [-0.25, -0.2) is 8.42 Å². The van der Waals surface area contributed by atoms with Crippen LogP contribution in [0.15, 0.2) is 4.40 Å². The molecule has 0 bridgehead atoms. The molecular weight excluding hydrogens is 202 g/mol. The molecule has 0 aliphatic carbocycles. The Morgan fingerprint density at radius 3 is 2.43 bits per heavy atom. The molecule has 0 unspecified atom stereocenters. The van der Waals surface area contributed by atoms with Gasteiger partial charge in [-0.1, -0.05) is 19.8 Å². The summed E-state index contributed by atoms with van der Waals surface area (Å²) in [5, 5.41) is 5.62. The number of rotatable bonds is 5. The minimum absolute atomic E-state index is 0.309. The van der Waals surface area contributed by atoms with E-state index in [9.17, 15) is 8.42 Å². The largest absolute Gasteiger partial charge is 0.359 e. The van der Waals surface area contributed by atoms with Crippen LogP contribution in [0.5, 0.6) is 0 Å². The summed E-state index contributed by atoms with van der Waals surface area (Å²) < 4.78 is 25.1. The molecule has 0 aromatic heterocycles. The number of guanidine groups is 1. The van der Waals surface area contributed by atoms with E-state index in [1.165, 1.54) is 0 Å². The summed E-state index contributed by atoms with van der Waals surface area (Å²) in [7, 11) is -1.68. The van der Waals surface area contributed by atoms with Crippen molar-refractivity contribution in [1.82, 2.24) is 10.6 Å². The molecule has 5 nitrogen and oxygen atoms in total. The van der Waals surface area contributed by atoms with Crippen LogP contribution in [-0.4, -0.2) is 34.2 Å². The second-order valence-electron chi connectivity index (χ2n) is 3.06. The van der Waals surface area contributed by atoms with Crippen molar-refractivity contribution in [3.63, 3.8) is 0 Å². The van der Waals surface area contributed by atoms with E-state index in [-0.39, 0.29) is 0 Å². The van der Waals surface area contributed by atoms with Gasteiger partial charge < -0.3 is 10.6 Å². The molecule has 6 heteroatoms. The highest BCUT2D eigenvalue weighted by Crippen LogP contribution is 1.91. The van der Waals surface area contributed by atoms with Crippen LogP contribution in [0.3, 0.4) is 0 Å². The number of hydrogen-bond acceptors (Lipinski definition) is 2. The molecule has 0 aliphatic heterocycles. The highest BCUT2D eigenvalue weighted by molar-refractivity contribution is 7.89. The Kier molecular flexibility index (Phi) is 6.27. The van der Waals surface area contributed by atoms with Gasteiger partial charge >= 0.3 is 0 Å². The maximum Gasteiger partial charge on any atom is 0.253 e. The van der Waals surface area contributed by atoms with Crippen LogP contribution in [0.2, 0.25) is 0 Å². The molecule has 0 rings (SSSR count). The van der Waals surface area contributed by atoms with Crippen molar-refractivity contribution in [2.45, 2.75) is 26.2 Å². The lowest BCUT2D eigenvalue weighted by Crippen LogP contribution is -2.36. The van der Waals surface area contributed by atoms with E-state index >= 15 is 0 Å². The molecule has 0 amide bonds. The van der Waals surface area contributed by atoms with Crippen molar-refractivity contribution < 1.29 is 8.42 Å². The molecule has 0 heterocycles. The van der Waals surface area contributed by atoms with Gasteiger partial charge in [0.05, 0.1) is 6.26 Å². The molecule has 2 N–H and O–H groups in total. The highest BCUT2D eigenvalue weighted by Gasteiger charge is 2.00. The van der Waals surface area contributed by atoms with Gasteiger partial charge in [-0.2, -0.15) is 0 Å². The van der Waals surface area contributed by atoms with Crippen molar-refractivity contribution in [2.24, 2.45) is 4.40 Å². The first-order chi connectivity index (χ1) is 6.49. The smallest absolute Gasteiger partial charge is 0.253 e.